The highest BCUT2D eigenvalue weighted by molar-refractivity contribution is 5.97. The molecular weight excluding hydrogens is 568 g/mol. The number of aliphatic hydroxyl groups excluding tert-OH is 1. The van der Waals surface area contributed by atoms with Crippen molar-refractivity contribution >= 4 is 17.7 Å². The van der Waals surface area contributed by atoms with Crippen LogP contribution < -0.4 is 10.6 Å². The van der Waals surface area contributed by atoms with Gasteiger partial charge in [-0.05, 0) is 55.0 Å². The minimum absolute atomic E-state index is 0.000691. The number of aromatic hydroxyl groups is 1. The number of aryl methyl sites for hydroxylation is 1. The number of nitrogens with zero attached hydrogens (tertiary/aromatic N) is 1. The van der Waals surface area contributed by atoms with Crippen molar-refractivity contribution in [1.82, 2.24) is 15.5 Å². The molecule has 0 aromatic heterocycles. The number of hydrogen-bond donors (Lipinski definition) is 4. The van der Waals surface area contributed by atoms with Crippen LogP contribution in [0.2, 0.25) is 0 Å². The molecule has 1 fully saturated rings. The first-order chi connectivity index (χ1) is 20.8. The molecule has 44 heavy (non-hydrogen) atoms. The number of rotatable bonds is 8. The Kier molecular flexibility index (Phi) is 8.49. The Balaban J connectivity index is 1.43. The molecule has 4 N–H and O–H groups in total. The first-order valence-corrected chi connectivity index (χ1v) is 14.7. The number of phenols is 1. The molecule has 3 amide bonds. The van der Waals surface area contributed by atoms with Crippen molar-refractivity contribution in [2.24, 2.45) is 5.41 Å². The summed E-state index contributed by atoms with van der Waals surface area (Å²) in [7, 11) is 0. The van der Waals surface area contributed by atoms with E-state index in [4.69, 9.17) is 0 Å². The van der Waals surface area contributed by atoms with E-state index < -0.39 is 53.8 Å². The van der Waals surface area contributed by atoms with Crippen LogP contribution in [-0.4, -0.2) is 63.5 Å². The van der Waals surface area contributed by atoms with Gasteiger partial charge in [-0.2, -0.15) is 0 Å². The number of aliphatic hydroxyl groups is 1. The highest BCUT2D eigenvalue weighted by Gasteiger charge is 2.64. The van der Waals surface area contributed by atoms with E-state index in [0.717, 1.165) is 22.4 Å². The number of alkyl halides is 2. The molecule has 1 aliphatic heterocycles. The fourth-order valence-corrected chi connectivity index (χ4v) is 6.30. The summed E-state index contributed by atoms with van der Waals surface area (Å²) >= 11 is 0. The van der Waals surface area contributed by atoms with Gasteiger partial charge in [0.15, 0.2) is 6.10 Å². The number of likely N-dealkylation sites (tertiary alicyclic amines) is 1. The number of carbonyl (C=O) groups excluding carboxylic acids is 3. The fraction of sp³-hybridized carbons (Fsp3) is 0.382. The average Bonchev–Trinajstić information content (AvgIpc) is 3.48. The number of benzene rings is 3. The minimum Gasteiger partial charge on any atom is -0.508 e. The van der Waals surface area contributed by atoms with Crippen molar-refractivity contribution in [1.29, 1.82) is 0 Å². The molecule has 232 valence electrons. The van der Waals surface area contributed by atoms with Gasteiger partial charge in [-0.1, -0.05) is 74.5 Å². The van der Waals surface area contributed by atoms with Crippen LogP contribution >= 0.6 is 0 Å². The Morgan fingerprint density at radius 2 is 1.68 bits per heavy atom. The third-order valence-corrected chi connectivity index (χ3v) is 9.09. The molecule has 0 saturated carbocycles. The summed E-state index contributed by atoms with van der Waals surface area (Å²) in [5.41, 5.74) is 1.15. The lowest BCUT2D eigenvalue weighted by molar-refractivity contribution is -0.148. The second-order valence-electron chi connectivity index (χ2n) is 12.3. The van der Waals surface area contributed by atoms with Gasteiger partial charge in [0.1, 0.15) is 11.8 Å². The number of fused-ring (bicyclic) bond motifs is 1. The summed E-state index contributed by atoms with van der Waals surface area (Å²) in [4.78, 5) is 41.7. The summed E-state index contributed by atoms with van der Waals surface area (Å²) in [6.45, 7) is 2.98. The Morgan fingerprint density at radius 1 is 1.00 bits per heavy atom. The molecule has 5 rings (SSSR count). The van der Waals surface area contributed by atoms with Crippen LogP contribution in [-0.2, 0) is 22.4 Å². The monoisotopic (exact) mass is 605 g/mol. The SMILES string of the molecule is Cc1c(O)cccc1C(=O)N[C@@H](Cc1ccccc1)[C@H](O)C(=O)N1CC(F)(F)C(C)(C)[C@H]1C(=O)N[C@H]1CCc2ccccc21. The Hall–Kier alpha value is -4.31. The van der Waals surface area contributed by atoms with Gasteiger partial charge in [0.2, 0.25) is 5.91 Å². The number of carbonyl (C=O) groups is 3. The maximum atomic E-state index is 15.5. The van der Waals surface area contributed by atoms with Gasteiger partial charge in [0.25, 0.3) is 17.7 Å². The summed E-state index contributed by atoms with van der Waals surface area (Å²) < 4.78 is 30.9. The van der Waals surface area contributed by atoms with Gasteiger partial charge >= 0.3 is 0 Å². The first-order valence-electron chi connectivity index (χ1n) is 14.7. The topological polar surface area (TPSA) is 119 Å². The maximum Gasteiger partial charge on any atom is 0.272 e. The highest BCUT2D eigenvalue weighted by Crippen LogP contribution is 2.48. The molecule has 1 saturated heterocycles. The lowest BCUT2D eigenvalue weighted by Crippen LogP contribution is -2.58. The quantitative estimate of drug-likeness (QED) is 0.309. The fourth-order valence-electron chi connectivity index (χ4n) is 6.30. The van der Waals surface area contributed by atoms with Crippen LogP contribution in [0.1, 0.15) is 58.9 Å². The lowest BCUT2D eigenvalue weighted by atomic mass is 9.81. The number of phenolic OH excluding ortho intramolecular Hbond substituents is 1. The van der Waals surface area contributed by atoms with E-state index in [-0.39, 0.29) is 23.8 Å². The number of amides is 3. The molecule has 4 atom stereocenters. The molecule has 1 aliphatic carbocycles. The van der Waals surface area contributed by atoms with Crippen molar-refractivity contribution < 1.29 is 33.4 Å². The zero-order chi connectivity index (χ0) is 31.8. The molecule has 8 nitrogen and oxygen atoms in total. The number of hydrogen-bond acceptors (Lipinski definition) is 5. The van der Waals surface area contributed by atoms with E-state index >= 15 is 8.78 Å². The lowest BCUT2D eigenvalue weighted by Gasteiger charge is -2.35. The second kappa shape index (κ2) is 12.0. The third-order valence-electron chi connectivity index (χ3n) is 9.09. The predicted molar refractivity (Wildman–Crippen MR) is 160 cm³/mol. The molecule has 3 aromatic carbocycles. The van der Waals surface area contributed by atoms with E-state index in [2.05, 4.69) is 10.6 Å². The van der Waals surface area contributed by atoms with Crippen molar-refractivity contribution in [3.63, 3.8) is 0 Å². The highest BCUT2D eigenvalue weighted by atomic mass is 19.3. The number of halogens is 2. The van der Waals surface area contributed by atoms with Gasteiger partial charge < -0.3 is 25.7 Å². The van der Waals surface area contributed by atoms with Crippen LogP contribution in [0.3, 0.4) is 0 Å². The number of nitrogens with one attached hydrogen (secondary N) is 2. The molecule has 10 heteroatoms. The van der Waals surface area contributed by atoms with Gasteiger partial charge in [-0.15, -0.1) is 0 Å². The molecular formula is C34H37F2N3O5. The molecule has 3 aromatic rings. The van der Waals surface area contributed by atoms with Crippen molar-refractivity contribution in [3.8, 4) is 5.75 Å². The van der Waals surface area contributed by atoms with Crippen molar-refractivity contribution in [3.05, 3.63) is 101 Å². The van der Waals surface area contributed by atoms with Crippen LogP contribution in [0.4, 0.5) is 8.78 Å². The molecule has 0 unspecified atom stereocenters. The predicted octanol–water partition coefficient (Wildman–Crippen LogP) is 4.08. The summed E-state index contributed by atoms with van der Waals surface area (Å²) in [6.07, 6.45) is -0.624. The zero-order valence-corrected chi connectivity index (χ0v) is 24.9. The molecule has 2 aliphatic rings. The van der Waals surface area contributed by atoms with Crippen molar-refractivity contribution in [2.45, 2.75) is 70.2 Å². The zero-order valence-electron chi connectivity index (χ0n) is 24.9. The van der Waals surface area contributed by atoms with Gasteiger partial charge in [0.05, 0.1) is 24.0 Å². The van der Waals surface area contributed by atoms with Crippen LogP contribution in [0, 0.1) is 12.3 Å². The average molecular weight is 606 g/mol. The Morgan fingerprint density at radius 3 is 2.41 bits per heavy atom. The first kappa shape index (κ1) is 31.1. The summed E-state index contributed by atoms with van der Waals surface area (Å²) in [5.74, 6) is -6.01. The van der Waals surface area contributed by atoms with Gasteiger partial charge in [-0.25, -0.2) is 8.78 Å². The van der Waals surface area contributed by atoms with E-state index in [1.165, 1.54) is 32.0 Å². The van der Waals surface area contributed by atoms with Crippen LogP contribution in [0.5, 0.6) is 5.75 Å². The van der Waals surface area contributed by atoms with E-state index in [1.807, 2.05) is 24.3 Å². The summed E-state index contributed by atoms with van der Waals surface area (Å²) in [6, 6.07) is 17.6. The van der Waals surface area contributed by atoms with Gasteiger partial charge in [-0.3, -0.25) is 14.4 Å². The van der Waals surface area contributed by atoms with Crippen molar-refractivity contribution in [2.75, 3.05) is 6.54 Å². The standard InChI is InChI=1S/C34H37F2N3O5/c1-20-23(14-9-15-27(20)40)30(42)38-26(18-21-10-5-4-6-11-21)28(41)32(44)39-19-34(35,36)33(2,3)29(39)31(43)37-25-17-16-22-12-7-8-13-24(22)25/h4-15,25-26,28-29,40-41H,16-19H2,1-3H3,(H,37,43)(H,38,42)/t25-,26-,28-,29+/m0/s1. The molecule has 0 radical (unpaired) electrons. The van der Waals surface area contributed by atoms with Gasteiger partial charge in [0, 0.05) is 11.1 Å². The molecule has 0 bridgehead atoms. The molecule has 1 heterocycles. The Bertz CT molecular complexity index is 1560. The van der Waals surface area contributed by atoms with E-state index in [9.17, 15) is 24.6 Å². The van der Waals surface area contributed by atoms with Crippen LogP contribution in [0.25, 0.3) is 0 Å². The van der Waals surface area contributed by atoms with E-state index in [0.29, 0.717) is 17.5 Å². The summed E-state index contributed by atoms with van der Waals surface area (Å²) in [5, 5.41) is 27.1. The smallest absolute Gasteiger partial charge is 0.272 e. The normalized spacial score (nSPS) is 21.3. The van der Waals surface area contributed by atoms with Crippen LogP contribution in [0.15, 0.2) is 72.8 Å². The maximum absolute atomic E-state index is 15.5. The molecule has 0 spiro atoms. The largest absolute Gasteiger partial charge is 0.508 e. The second-order valence-corrected chi connectivity index (χ2v) is 12.3. The minimum atomic E-state index is -3.44. The van der Waals surface area contributed by atoms with E-state index in [1.54, 1.807) is 37.3 Å². The third kappa shape index (κ3) is 5.78. The Labute approximate surface area is 255 Å².